The normalized spacial score (nSPS) is 16.9. The summed E-state index contributed by atoms with van der Waals surface area (Å²) in [5.41, 5.74) is 3.78. The molecule has 4 rings (SSSR count). The largest absolute Gasteiger partial charge is 0.368 e. The van der Waals surface area contributed by atoms with Crippen LogP contribution in [0.25, 0.3) is 11.0 Å². The van der Waals surface area contributed by atoms with Crippen LogP contribution in [0, 0.1) is 0 Å². The van der Waals surface area contributed by atoms with Gasteiger partial charge in [0.1, 0.15) is 6.10 Å². The lowest BCUT2D eigenvalue weighted by Crippen LogP contribution is -2.26. The second-order valence-electron chi connectivity index (χ2n) is 6.15. The highest BCUT2D eigenvalue weighted by atomic mass is 16.5. The molecule has 3 aromatic rings. The van der Waals surface area contributed by atoms with Gasteiger partial charge in [0.05, 0.1) is 11.0 Å². The first-order valence-corrected chi connectivity index (χ1v) is 8.48. The predicted molar refractivity (Wildman–Crippen MR) is 97.5 cm³/mol. The van der Waals surface area contributed by atoms with E-state index in [9.17, 15) is 4.79 Å². The van der Waals surface area contributed by atoms with Crippen LogP contribution in [-0.4, -0.2) is 28.6 Å². The van der Waals surface area contributed by atoms with E-state index in [1.165, 1.54) is 0 Å². The number of aromatic amines is 1. The van der Waals surface area contributed by atoms with Gasteiger partial charge in [-0.2, -0.15) is 0 Å². The third-order valence-corrected chi connectivity index (χ3v) is 4.27. The summed E-state index contributed by atoms with van der Waals surface area (Å²) in [6.45, 7) is 1.28. The van der Waals surface area contributed by atoms with Gasteiger partial charge in [0.15, 0.2) is 0 Å². The minimum Gasteiger partial charge on any atom is -0.368 e. The summed E-state index contributed by atoms with van der Waals surface area (Å²) in [5.74, 6) is 0.662. The number of H-pyrrole nitrogens is 1. The summed E-state index contributed by atoms with van der Waals surface area (Å²) in [6.07, 6.45) is 1.41. The number of imidazole rings is 1. The zero-order valence-corrected chi connectivity index (χ0v) is 13.8. The number of fused-ring (bicyclic) bond motifs is 1. The number of nitrogens with zero attached hydrogens (tertiary/aromatic N) is 1. The first kappa shape index (κ1) is 15.7. The Bertz CT molecular complexity index is 851. The quantitative estimate of drug-likeness (QED) is 0.668. The molecule has 1 amide bonds. The van der Waals surface area contributed by atoms with Crippen LogP contribution in [0.15, 0.2) is 48.5 Å². The highest BCUT2D eigenvalue weighted by molar-refractivity contribution is 5.94. The van der Waals surface area contributed by atoms with Crippen LogP contribution < -0.4 is 10.6 Å². The Morgan fingerprint density at radius 2 is 2.16 bits per heavy atom. The van der Waals surface area contributed by atoms with E-state index in [-0.39, 0.29) is 12.0 Å². The highest BCUT2D eigenvalue weighted by Crippen LogP contribution is 2.18. The Morgan fingerprint density at radius 1 is 1.24 bits per heavy atom. The molecule has 0 radical (unpaired) electrons. The Morgan fingerprint density at radius 3 is 3.00 bits per heavy atom. The third-order valence-electron chi connectivity index (χ3n) is 4.27. The zero-order valence-electron chi connectivity index (χ0n) is 13.8. The van der Waals surface area contributed by atoms with Crippen molar-refractivity contribution in [3.8, 4) is 0 Å². The number of carbonyl (C=O) groups excluding carboxylic acids is 1. The van der Waals surface area contributed by atoms with Crippen LogP contribution in [0.5, 0.6) is 0 Å². The molecule has 0 bridgehead atoms. The molecule has 1 fully saturated rings. The van der Waals surface area contributed by atoms with Gasteiger partial charge in [-0.15, -0.1) is 0 Å². The predicted octanol–water partition coefficient (Wildman–Crippen LogP) is 3.29. The van der Waals surface area contributed by atoms with Crippen LogP contribution in [0.1, 0.15) is 18.4 Å². The van der Waals surface area contributed by atoms with Crippen LogP contribution in [0.4, 0.5) is 11.6 Å². The van der Waals surface area contributed by atoms with E-state index in [0.29, 0.717) is 13.2 Å². The van der Waals surface area contributed by atoms with Gasteiger partial charge >= 0.3 is 0 Å². The molecule has 0 unspecified atom stereocenters. The van der Waals surface area contributed by atoms with Crippen molar-refractivity contribution < 1.29 is 9.53 Å². The third kappa shape index (κ3) is 3.64. The smallest absolute Gasteiger partial charge is 0.253 e. The fraction of sp³-hybridized carbons (Fsp3) is 0.263. The van der Waals surface area contributed by atoms with Crippen molar-refractivity contribution in [2.45, 2.75) is 25.5 Å². The van der Waals surface area contributed by atoms with Crippen LogP contribution in [0.3, 0.4) is 0 Å². The van der Waals surface area contributed by atoms with E-state index in [1.54, 1.807) is 0 Å². The van der Waals surface area contributed by atoms with E-state index in [1.807, 2.05) is 48.5 Å². The average Bonchev–Trinajstić information content (AvgIpc) is 3.29. The molecular formula is C19H20N4O2. The summed E-state index contributed by atoms with van der Waals surface area (Å²) >= 11 is 0. The highest BCUT2D eigenvalue weighted by Gasteiger charge is 2.23. The minimum atomic E-state index is -0.322. The SMILES string of the molecule is O=C(Nc1cccc(CNc2nc3ccccc3[nH]2)c1)[C@@H]1CCCO1. The molecule has 0 aliphatic carbocycles. The number of ether oxygens (including phenoxy) is 1. The molecule has 0 saturated carbocycles. The van der Waals surface area contributed by atoms with Gasteiger partial charge in [0, 0.05) is 18.8 Å². The number of aromatic nitrogens is 2. The number of hydrogen-bond donors (Lipinski definition) is 3. The Labute approximate surface area is 145 Å². The van der Waals surface area contributed by atoms with E-state index in [2.05, 4.69) is 20.6 Å². The summed E-state index contributed by atoms with van der Waals surface area (Å²) < 4.78 is 5.41. The van der Waals surface area contributed by atoms with E-state index in [0.717, 1.165) is 41.1 Å². The lowest BCUT2D eigenvalue weighted by molar-refractivity contribution is -0.124. The fourth-order valence-electron chi connectivity index (χ4n) is 2.99. The molecule has 0 spiro atoms. The molecule has 128 valence electrons. The second-order valence-corrected chi connectivity index (χ2v) is 6.15. The Kier molecular flexibility index (Phi) is 4.35. The average molecular weight is 336 g/mol. The number of rotatable bonds is 5. The number of hydrogen-bond acceptors (Lipinski definition) is 4. The minimum absolute atomic E-state index is 0.0695. The number of anilines is 2. The molecule has 6 heteroatoms. The molecule has 1 aromatic heterocycles. The van der Waals surface area contributed by atoms with Crippen molar-refractivity contribution in [2.24, 2.45) is 0 Å². The van der Waals surface area contributed by atoms with Crippen LogP contribution in [0.2, 0.25) is 0 Å². The topological polar surface area (TPSA) is 79.0 Å². The van der Waals surface area contributed by atoms with E-state index in [4.69, 9.17) is 4.74 Å². The van der Waals surface area contributed by atoms with Crippen LogP contribution >= 0.6 is 0 Å². The molecule has 1 aliphatic rings. The van der Waals surface area contributed by atoms with Crippen molar-refractivity contribution in [1.29, 1.82) is 0 Å². The molecule has 1 atom stereocenters. The summed E-state index contributed by atoms with van der Waals surface area (Å²) in [7, 11) is 0. The molecule has 1 aliphatic heterocycles. The number of amides is 1. The first-order valence-electron chi connectivity index (χ1n) is 8.48. The van der Waals surface area contributed by atoms with Crippen LogP contribution in [-0.2, 0) is 16.1 Å². The van der Waals surface area contributed by atoms with Gasteiger partial charge in [0.25, 0.3) is 5.91 Å². The van der Waals surface area contributed by atoms with Gasteiger partial charge in [-0.05, 0) is 42.7 Å². The standard InChI is InChI=1S/C19H20N4O2/c24-18(17-9-4-10-25-17)21-14-6-3-5-13(11-14)12-20-19-22-15-7-1-2-8-16(15)23-19/h1-3,5-8,11,17H,4,9-10,12H2,(H,21,24)(H2,20,22,23)/t17-/m0/s1. The molecule has 2 aromatic carbocycles. The number of benzene rings is 2. The van der Waals surface area contributed by atoms with Gasteiger partial charge in [-0.25, -0.2) is 4.98 Å². The van der Waals surface area contributed by atoms with Crippen molar-refractivity contribution in [1.82, 2.24) is 9.97 Å². The van der Waals surface area contributed by atoms with Gasteiger partial charge in [0.2, 0.25) is 5.95 Å². The maximum absolute atomic E-state index is 12.1. The summed E-state index contributed by atoms with van der Waals surface area (Å²) in [4.78, 5) is 19.9. The van der Waals surface area contributed by atoms with Gasteiger partial charge < -0.3 is 20.4 Å². The summed E-state index contributed by atoms with van der Waals surface area (Å²) in [5, 5.41) is 6.21. The van der Waals surface area contributed by atoms with E-state index < -0.39 is 0 Å². The first-order chi connectivity index (χ1) is 12.3. The molecular weight excluding hydrogens is 316 g/mol. The number of para-hydroxylation sites is 2. The lowest BCUT2D eigenvalue weighted by Gasteiger charge is -2.11. The molecule has 3 N–H and O–H groups in total. The van der Waals surface area contributed by atoms with E-state index >= 15 is 0 Å². The molecule has 6 nitrogen and oxygen atoms in total. The Balaban J connectivity index is 1.39. The summed E-state index contributed by atoms with van der Waals surface area (Å²) in [6, 6.07) is 15.7. The Hall–Kier alpha value is -2.86. The maximum atomic E-state index is 12.1. The monoisotopic (exact) mass is 336 g/mol. The lowest BCUT2D eigenvalue weighted by atomic mass is 10.2. The number of nitrogens with one attached hydrogen (secondary N) is 3. The zero-order chi connectivity index (χ0) is 17.1. The molecule has 25 heavy (non-hydrogen) atoms. The maximum Gasteiger partial charge on any atom is 0.253 e. The van der Waals surface area contributed by atoms with Crippen molar-refractivity contribution >= 4 is 28.6 Å². The fourth-order valence-corrected chi connectivity index (χ4v) is 2.99. The van der Waals surface area contributed by atoms with Gasteiger partial charge in [-0.3, -0.25) is 4.79 Å². The van der Waals surface area contributed by atoms with Crippen molar-refractivity contribution in [3.63, 3.8) is 0 Å². The molecule has 2 heterocycles. The number of carbonyl (C=O) groups is 1. The van der Waals surface area contributed by atoms with Crippen molar-refractivity contribution in [3.05, 3.63) is 54.1 Å². The van der Waals surface area contributed by atoms with Gasteiger partial charge in [-0.1, -0.05) is 24.3 Å². The second kappa shape index (κ2) is 6.94. The van der Waals surface area contributed by atoms with Crippen molar-refractivity contribution in [2.75, 3.05) is 17.2 Å². The molecule has 1 saturated heterocycles.